The van der Waals surface area contributed by atoms with Crippen molar-refractivity contribution in [3.63, 3.8) is 0 Å². The average molecular weight is 252 g/mol. The fourth-order valence-corrected chi connectivity index (χ4v) is 1.49. The van der Waals surface area contributed by atoms with Crippen molar-refractivity contribution in [2.24, 2.45) is 5.73 Å². The summed E-state index contributed by atoms with van der Waals surface area (Å²) < 4.78 is 0. The minimum atomic E-state index is -1.39. The molecule has 6 nitrogen and oxygen atoms in total. The SMILES string of the molecule is CSCC[C@H](N)C(=O)NC(CO)(CO)CO. The van der Waals surface area contributed by atoms with Gasteiger partial charge in [0.25, 0.3) is 0 Å². The molecule has 1 amide bonds. The molecule has 7 heteroatoms. The van der Waals surface area contributed by atoms with Crippen molar-refractivity contribution in [2.45, 2.75) is 18.0 Å². The predicted octanol–water partition coefficient (Wildman–Crippen LogP) is -2.10. The summed E-state index contributed by atoms with van der Waals surface area (Å²) in [5.74, 6) is 0.269. The third-order valence-corrected chi connectivity index (χ3v) is 2.91. The van der Waals surface area contributed by atoms with Crippen molar-refractivity contribution >= 4 is 17.7 Å². The van der Waals surface area contributed by atoms with E-state index >= 15 is 0 Å². The summed E-state index contributed by atoms with van der Waals surface area (Å²) in [7, 11) is 0. The summed E-state index contributed by atoms with van der Waals surface area (Å²) >= 11 is 1.57. The van der Waals surface area contributed by atoms with E-state index in [0.29, 0.717) is 6.42 Å². The fourth-order valence-electron chi connectivity index (χ4n) is 0.999. The first-order valence-electron chi connectivity index (χ1n) is 4.94. The summed E-state index contributed by atoms with van der Waals surface area (Å²) in [4.78, 5) is 11.6. The van der Waals surface area contributed by atoms with E-state index in [0.717, 1.165) is 5.75 Å². The molecule has 96 valence electrons. The van der Waals surface area contributed by atoms with E-state index in [9.17, 15) is 4.79 Å². The normalized spacial score (nSPS) is 13.6. The van der Waals surface area contributed by atoms with E-state index in [2.05, 4.69) is 5.32 Å². The molecule has 0 aromatic carbocycles. The Labute approximate surface area is 99.2 Å². The van der Waals surface area contributed by atoms with Gasteiger partial charge in [-0.05, 0) is 18.4 Å². The van der Waals surface area contributed by atoms with Crippen LogP contribution in [0.3, 0.4) is 0 Å². The molecule has 0 saturated heterocycles. The lowest BCUT2D eigenvalue weighted by atomic mass is 10.0. The van der Waals surface area contributed by atoms with Gasteiger partial charge in [0.15, 0.2) is 0 Å². The van der Waals surface area contributed by atoms with Crippen molar-refractivity contribution in [2.75, 3.05) is 31.8 Å². The lowest BCUT2D eigenvalue weighted by molar-refractivity contribution is -0.126. The van der Waals surface area contributed by atoms with Crippen LogP contribution in [0.2, 0.25) is 0 Å². The van der Waals surface area contributed by atoms with Crippen molar-refractivity contribution < 1.29 is 20.1 Å². The van der Waals surface area contributed by atoms with Gasteiger partial charge in [0.2, 0.25) is 5.91 Å². The van der Waals surface area contributed by atoms with Gasteiger partial charge in [-0.3, -0.25) is 4.79 Å². The standard InChI is InChI=1S/C9H20N2O4S/c1-16-3-2-7(10)8(15)11-9(4-12,5-13)6-14/h7,12-14H,2-6,10H2,1H3,(H,11,15)/t7-/m0/s1. The Morgan fingerprint density at radius 3 is 2.25 bits per heavy atom. The van der Waals surface area contributed by atoms with Crippen LogP contribution < -0.4 is 11.1 Å². The van der Waals surface area contributed by atoms with Crippen LogP contribution in [0.15, 0.2) is 0 Å². The molecule has 0 bridgehead atoms. The molecule has 0 heterocycles. The number of thioether (sulfide) groups is 1. The van der Waals surface area contributed by atoms with Crippen LogP contribution in [-0.4, -0.2) is 64.6 Å². The van der Waals surface area contributed by atoms with E-state index in [1.807, 2.05) is 6.26 Å². The molecule has 0 aromatic rings. The van der Waals surface area contributed by atoms with E-state index < -0.39 is 37.3 Å². The Balaban J connectivity index is 4.28. The summed E-state index contributed by atoms with van der Waals surface area (Å²) in [5.41, 5.74) is 4.21. The number of hydrogen-bond donors (Lipinski definition) is 5. The molecule has 0 saturated carbocycles. The number of hydrogen-bond acceptors (Lipinski definition) is 6. The molecular formula is C9H20N2O4S. The van der Waals surface area contributed by atoms with Gasteiger partial charge in [-0.2, -0.15) is 11.8 Å². The molecule has 16 heavy (non-hydrogen) atoms. The number of amides is 1. The van der Waals surface area contributed by atoms with Gasteiger partial charge in [0.1, 0.15) is 5.54 Å². The molecule has 0 spiro atoms. The van der Waals surface area contributed by atoms with Gasteiger partial charge in [-0.1, -0.05) is 0 Å². The lowest BCUT2D eigenvalue weighted by Crippen LogP contribution is -2.60. The molecule has 0 aliphatic heterocycles. The minimum absolute atomic E-state index is 0.480. The Morgan fingerprint density at radius 2 is 1.88 bits per heavy atom. The Morgan fingerprint density at radius 1 is 1.38 bits per heavy atom. The van der Waals surface area contributed by atoms with Gasteiger partial charge in [-0.25, -0.2) is 0 Å². The highest BCUT2D eigenvalue weighted by atomic mass is 32.2. The number of aliphatic hydroxyl groups excluding tert-OH is 3. The van der Waals surface area contributed by atoms with Crippen LogP contribution in [0.5, 0.6) is 0 Å². The fraction of sp³-hybridized carbons (Fsp3) is 0.889. The second-order valence-corrected chi connectivity index (χ2v) is 4.62. The van der Waals surface area contributed by atoms with Crippen molar-refractivity contribution in [3.8, 4) is 0 Å². The predicted molar refractivity (Wildman–Crippen MR) is 63.1 cm³/mol. The number of carbonyl (C=O) groups excluding carboxylic acids is 1. The molecule has 0 rings (SSSR count). The maximum atomic E-state index is 11.6. The number of aliphatic hydroxyl groups is 3. The first-order chi connectivity index (χ1) is 7.55. The highest BCUT2D eigenvalue weighted by molar-refractivity contribution is 7.98. The number of nitrogens with two attached hydrogens (primary N) is 1. The number of nitrogens with one attached hydrogen (secondary N) is 1. The van der Waals surface area contributed by atoms with E-state index in [1.54, 1.807) is 11.8 Å². The van der Waals surface area contributed by atoms with Gasteiger partial charge >= 0.3 is 0 Å². The maximum absolute atomic E-state index is 11.6. The van der Waals surface area contributed by atoms with Crippen LogP contribution in [0.4, 0.5) is 0 Å². The maximum Gasteiger partial charge on any atom is 0.237 e. The minimum Gasteiger partial charge on any atom is -0.394 e. The zero-order valence-corrected chi connectivity index (χ0v) is 10.2. The summed E-state index contributed by atoms with van der Waals surface area (Å²) in [6.07, 6.45) is 2.41. The summed E-state index contributed by atoms with van der Waals surface area (Å²) in [6.45, 7) is -1.62. The smallest absolute Gasteiger partial charge is 0.237 e. The molecule has 0 aliphatic carbocycles. The quantitative estimate of drug-likeness (QED) is 0.338. The van der Waals surface area contributed by atoms with Gasteiger partial charge < -0.3 is 26.4 Å². The number of rotatable bonds is 8. The molecule has 0 aliphatic rings. The summed E-state index contributed by atoms with van der Waals surface area (Å²) in [5, 5.41) is 29.4. The second-order valence-electron chi connectivity index (χ2n) is 3.63. The molecule has 0 fully saturated rings. The Bertz CT molecular complexity index is 203. The molecule has 0 aromatic heterocycles. The van der Waals surface area contributed by atoms with Gasteiger partial charge in [-0.15, -0.1) is 0 Å². The third kappa shape index (κ3) is 4.67. The molecule has 0 radical (unpaired) electrons. The Hall–Kier alpha value is -0.340. The van der Waals surface area contributed by atoms with Crippen molar-refractivity contribution in [3.05, 3.63) is 0 Å². The largest absolute Gasteiger partial charge is 0.394 e. The van der Waals surface area contributed by atoms with Crippen LogP contribution in [0.1, 0.15) is 6.42 Å². The topological polar surface area (TPSA) is 116 Å². The van der Waals surface area contributed by atoms with Crippen LogP contribution in [0.25, 0.3) is 0 Å². The van der Waals surface area contributed by atoms with Crippen LogP contribution in [-0.2, 0) is 4.79 Å². The monoisotopic (exact) mass is 252 g/mol. The molecule has 6 N–H and O–H groups in total. The van der Waals surface area contributed by atoms with Crippen LogP contribution in [0, 0.1) is 0 Å². The molecule has 1 atom stereocenters. The zero-order valence-electron chi connectivity index (χ0n) is 9.35. The van der Waals surface area contributed by atoms with E-state index in [4.69, 9.17) is 21.1 Å². The Kier molecular flexibility index (Phi) is 7.69. The zero-order chi connectivity index (χ0) is 12.6. The van der Waals surface area contributed by atoms with E-state index in [-0.39, 0.29) is 0 Å². The first-order valence-corrected chi connectivity index (χ1v) is 6.33. The highest BCUT2D eigenvalue weighted by Gasteiger charge is 2.31. The molecular weight excluding hydrogens is 232 g/mol. The van der Waals surface area contributed by atoms with Gasteiger partial charge in [0.05, 0.1) is 25.9 Å². The van der Waals surface area contributed by atoms with Gasteiger partial charge in [0, 0.05) is 0 Å². The third-order valence-electron chi connectivity index (χ3n) is 2.27. The van der Waals surface area contributed by atoms with Crippen molar-refractivity contribution in [1.29, 1.82) is 0 Å². The number of carbonyl (C=O) groups is 1. The van der Waals surface area contributed by atoms with E-state index in [1.165, 1.54) is 0 Å². The molecule has 0 unspecified atom stereocenters. The van der Waals surface area contributed by atoms with Crippen molar-refractivity contribution in [1.82, 2.24) is 5.32 Å². The summed E-state index contributed by atoms with van der Waals surface area (Å²) in [6, 6.07) is -0.698. The lowest BCUT2D eigenvalue weighted by Gasteiger charge is -2.29. The highest BCUT2D eigenvalue weighted by Crippen LogP contribution is 2.04. The average Bonchev–Trinajstić information content (AvgIpc) is 2.32. The van der Waals surface area contributed by atoms with Crippen LogP contribution >= 0.6 is 11.8 Å². The first kappa shape index (κ1) is 15.7. The second kappa shape index (κ2) is 7.86.